The lowest BCUT2D eigenvalue weighted by atomic mass is 9.83. The summed E-state index contributed by atoms with van der Waals surface area (Å²) in [6.07, 6.45) is 8.10. The van der Waals surface area contributed by atoms with Gasteiger partial charge in [0.2, 0.25) is 13.6 Å². The second-order valence-electron chi connectivity index (χ2n) is 26.5. The molecule has 0 saturated heterocycles. The molecule has 6 aromatic rings. The Kier molecular flexibility index (Phi) is 21.6. The SMILES string of the molecule is CC1Cc2cc3c(cc2C(c2c(F)cc(/C=C/C(=O)O)cc2F)N1CC(C)(C)F)OCO3.COC(=O)/C=C/c1cc(F)c(C2c3cc(O)c(O)cc3CC(C)N2CC(C)(C)F)c(F)c1.COC(=O)/C=C/c1cc(F)c(C2c3cc4c(cc3CC(C)N2CC(C)(C)F)OCO4)c(F)c1. The predicted molar refractivity (Wildman–Crippen MR) is 343 cm³/mol. The molecule has 11 rings (SSSR count). The summed E-state index contributed by atoms with van der Waals surface area (Å²) in [6.45, 7) is 14.1. The van der Waals surface area contributed by atoms with Crippen LogP contribution < -0.4 is 18.9 Å². The number of hydrogen-bond acceptors (Lipinski definition) is 14. The molecule has 5 heterocycles. The molecule has 0 aromatic heterocycles. The molecule has 0 bridgehead atoms. The average Bonchev–Trinajstić information content (AvgIpc) is 1.39. The Morgan fingerprint density at radius 3 is 1.01 bits per heavy atom. The van der Waals surface area contributed by atoms with Crippen LogP contribution >= 0.6 is 0 Å². The Hall–Kier alpha value is -9.00. The zero-order chi connectivity index (χ0) is 70.9. The molecule has 0 fully saturated rings. The number of aliphatic carboxylic acids is 1. The number of fused-ring (bicyclic) bond motifs is 5. The number of methoxy groups -OCH3 is 2. The fourth-order valence-electron chi connectivity index (χ4n) is 13.1. The molecule has 0 amide bonds. The largest absolute Gasteiger partial charge is 0.504 e. The average molecular weight is 1360 g/mol. The molecular formula is C73H76F9N3O12. The number of ether oxygens (including phenoxy) is 6. The molecule has 5 aliphatic rings. The summed E-state index contributed by atoms with van der Waals surface area (Å²) in [5, 5.41) is 28.8. The van der Waals surface area contributed by atoms with Crippen LogP contribution in [0, 0.1) is 34.9 Å². The number of phenols is 2. The molecule has 97 heavy (non-hydrogen) atoms. The van der Waals surface area contributed by atoms with Crippen molar-refractivity contribution in [2.24, 2.45) is 0 Å². The molecule has 518 valence electrons. The van der Waals surface area contributed by atoms with Gasteiger partial charge in [-0.25, -0.2) is 53.9 Å². The molecule has 6 atom stereocenters. The van der Waals surface area contributed by atoms with Gasteiger partial charge in [-0.2, -0.15) is 0 Å². The molecule has 24 heteroatoms. The molecule has 0 saturated carbocycles. The third-order valence-corrected chi connectivity index (χ3v) is 17.1. The Bertz CT molecular complexity index is 4020. The van der Waals surface area contributed by atoms with E-state index in [2.05, 4.69) is 9.47 Å². The number of carbonyl (C=O) groups excluding carboxylic acids is 2. The maximum Gasteiger partial charge on any atom is 0.330 e. The summed E-state index contributed by atoms with van der Waals surface area (Å²) < 4.78 is 167. The van der Waals surface area contributed by atoms with Crippen LogP contribution in [0.4, 0.5) is 39.5 Å². The van der Waals surface area contributed by atoms with E-state index in [1.165, 1.54) is 80.0 Å². The summed E-state index contributed by atoms with van der Waals surface area (Å²) in [5.41, 5.74) is -1.16. The van der Waals surface area contributed by atoms with Crippen LogP contribution in [0.1, 0.15) is 147 Å². The van der Waals surface area contributed by atoms with Crippen LogP contribution in [0.25, 0.3) is 18.2 Å². The summed E-state index contributed by atoms with van der Waals surface area (Å²) in [5.74, 6) is -6.17. The van der Waals surface area contributed by atoms with Gasteiger partial charge in [-0.1, -0.05) is 0 Å². The van der Waals surface area contributed by atoms with Gasteiger partial charge in [0, 0.05) is 72.7 Å². The molecule has 3 N–H and O–H groups in total. The molecule has 5 aliphatic heterocycles. The number of alkyl halides is 3. The Balaban J connectivity index is 0.000000171. The number of aromatic hydroxyl groups is 2. The number of nitrogens with zero attached hydrogens (tertiary/aromatic N) is 3. The predicted octanol–water partition coefficient (Wildman–Crippen LogP) is 14.5. The third-order valence-electron chi connectivity index (χ3n) is 17.1. The number of esters is 2. The van der Waals surface area contributed by atoms with Crippen molar-refractivity contribution < 1.29 is 97.6 Å². The Morgan fingerprint density at radius 2 is 0.722 bits per heavy atom. The van der Waals surface area contributed by atoms with Gasteiger partial charge < -0.3 is 43.7 Å². The number of halogens is 9. The number of rotatable bonds is 15. The van der Waals surface area contributed by atoms with Crippen molar-refractivity contribution in [3.05, 3.63) is 193 Å². The highest BCUT2D eigenvalue weighted by atomic mass is 19.2. The number of carbonyl (C=O) groups is 3. The van der Waals surface area contributed by atoms with Crippen molar-refractivity contribution in [1.29, 1.82) is 0 Å². The number of carboxylic acids is 1. The van der Waals surface area contributed by atoms with E-state index in [0.29, 0.717) is 64.5 Å². The van der Waals surface area contributed by atoms with E-state index >= 15 is 26.3 Å². The second-order valence-corrected chi connectivity index (χ2v) is 26.5. The van der Waals surface area contributed by atoms with Crippen molar-refractivity contribution in [2.45, 2.75) is 135 Å². The normalized spacial score (nSPS) is 20.0. The first kappa shape index (κ1) is 72.3. The van der Waals surface area contributed by atoms with E-state index in [1.54, 1.807) is 26.8 Å². The van der Waals surface area contributed by atoms with Gasteiger partial charge in [-0.3, -0.25) is 14.7 Å². The van der Waals surface area contributed by atoms with Crippen LogP contribution in [-0.4, -0.2) is 130 Å². The number of benzene rings is 6. The topological polar surface area (TPSA) is 177 Å². The van der Waals surface area contributed by atoms with Crippen LogP contribution in [0.3, 0.4) is 0 Å². The minimum Gasteiger partial charge on any atom is -0.504 e. The van der Waals surface area contributed by atoms with Crippen molar-refractivity contribution >= 4 is 36.1 Å². The van der Waals surface area contributed by atoms with E-state index in [4.69, 9.17) is 24.1 Å². The summed E-state index contributed by atoms with van der Waals surface area (Å²) in [7, 11) is 2.40. The maximum atomic E-state index is 15.4. The van der Waals surface area contributed by atoms with E-state index in [0.717, 1.165) is 71.8 Å². The van der Waals surface area contributed by atoms with E-state index in [9.17, 15) is 37.8 Å². The van der Waals surface area contributed by atoms with Crippen molar-refractivity contribution in [2.75, 3.05) is 47.4 Å². The lowest BCUT2D eigenvalue weighted by molar-refractivity contribution is -0.135. The van der Waals surface area contributed by atoms with Crippen molar-refractivity contribution in [3.63, 3.8) is 0 Å². The van der Waals surface area contributed by atoms with Gasteiger partial charge in [0.1, 0.15) is 51.9 Å². The molecule has 0 radical (unpaired) electrons. The summed E-state index contributed by atoms with van der Waals surface area (Å²) >= 11 is 0. The number of carboxylic acid groups (broad SMARTS) is 1. The molecule has 6 aromatic carbocycles. The smallest absolute Gasteiger partial charge is 0.330 e. The fraction of sp³-hybridized carbons (Fsp3) is 0.384. The summed E-state index contributed by atoms with van der Waals surface area (Å²) in [6, 6.07) is 12.9. The van der Waals surface area contributed by atoms with Gasteiger partial charge in [-0.05, 0) is 223 Å². The van der Waals surface area contributed by atoms with Gasteiger partial charge >= 0.3 is 17.9 Å². The van der Waals surface area contributed by atoms with Gasteiger partial charge in [-0.15, -0.1) is 0 Å². The number of phenolic OH excluding ortho intramolecular Hbond substituents is 2. The highest BCUT2D eigenvalue weighted by molar-refractivity contribution is 5.87. The van der Waals surface area contributed by atoms with Gasteiger partial charge in [0.05, 0.1) is 32.3 Å². The molecule has 0 spiro atoms. The zero-order valence-electron chi connectivity index (χ0n) is 55.3. The summed E-state index contributed by atoms with van der Waals surface area (Å²) in [4.78, 5) is 38.6. The minimum absolute atomic E-state index is 0.0183. The van der Waals surface area contributed by atoms with Crippen molar-refractivity contribution in [1.82, 2.24) is 14.7 Å². The van der Waals surface area contributed by atoms with Crippen LogP contribution in [0.5, 0.6) is 34.5 Å². The van der Waals surface area contributed by atoms with Crippen LogP contribution in [-0.2, 0) is 43.1 Å². The van der Waals surface area contributed by atoms with E-state index in [1.807, 2.05) is 32.9 Å². The molecular weight excluding hydrogens is 1280 g/mol. The van der Waals surface area contributed by atoms with E-state index < -0.39 is 93.7 Å². The Labute approximate surface area is 555 Å². The first-order valence-corrected chi connectivity index (χ1v) is 31.1. The first-order valence-electron chi connectivity index (χ1n) is 31.1. The fourth-order valence-corrected chi connectivity index (χ4v) is 13.1. The standard InChI is InChI=1S/C25H26F3NO4.C24H24F3NO4.C24H26F3NO4/c1-14-7-16-10-20-21(33-13-32-20)11-17(16)24(29(14)12-25(2,3)28)23-18(26)8-15(9-19(23)27)5-6-22(30)31-4;1-13-6-15-9-19-20(32-12-31-19)10-16(15)23(28(13)11-24(2,3)27)22-17(25)7-14(8-18(22)26)4-5-21(29)30;1-13-7-15-10-19(29)20(30)11-16(15)23(28(13)12-24(2,3)27)22-17(25)8-14(9-18(22)26)5-6-21(31)32-4/h5-6,8-11,14,24H,7,12-13H2,1-4H3;4-5,7-10,13,23H,6,11-12H2,1-3H3,(H,29,30);5-6,8-11,13,23,29-30H,7,12H2,1-4H3/b6-5+;5-4+;6-5+. The second kappa shape index (κ2) is 29.0. The first-order chi connectivity index (χ1) is 45.5. The molecule has 6 unspecified atom stereocenters. The quantitative estimate of drug-likeness (QED) is 0.0383. The van der Waals surface area contributed by atoms with Gasteiger partial charge in [0.15, 0.2) is 34.5 Å². The third kappa shape index (κ3) is 16.9. The van der Waals surface area contributed by atoms with Crippen LogP contribution in [0.15, 0.2) is 91.0 Å². The minimum atomic E-state index is -1.65. The monoisotopic (exact) mass is 1360 g/mol. The van der Waals surface area contributed by atoms with Crippen LogP contribution in [0.2, 0.25) is 0 Å². The van der Waals surface area contributed by atoms with E-state index in [-0.39, 0.29) is 90.5 Å². The molecule has 0 aliphatic carbocycles. The maximum absolute atomic E-state index is 15.4. The zero-order valence-corrected chi connectivity index (χ0v) is 55.3. The highest BCUT2D eigenvalue weighted by Crippen LogP contribution is 2.50. The highest BCUT2D eigenvalue weighted by Gasteiger charge is 2.44. The lowest BCUT2D eigenvalue weighted by Gasteiger charge is -2.44. The van der Waals surface area contributed by atoms with Gasteiger partial charge in [0.25, 0.3) is 0 Å². The van der Waals surface area contributed by atoms with Crippen molar-refractivity contribution in [3.8, 4) is 34.5 Å². The molecule has 15 nitrogen and oxygen atoms in total. The lowest BCUT2D eigenvalue weighted by Crippen LogP contribution is -2.48. The number of hydrogen-bond donors (Lipinski definition) is 3. The Morgan fingerprint density at radius 1 is 0.454 bits per heavy atom.